The van der Waals surface area contributed by atoms with Crippen LogP contribution in [0.5, 0.6) is 5.75 Å². The largest absolute Gasteiger partial charge is 0.487 e. The van der Waals surface area contributed by atoms with Crippen molar-refractivity contribution in [3.8, 4) is 5.75 Å². The average Bonchev–Trinajstić information content (AvgIpc) is 3.53. The van der Waals surface area contributed by atoms with Crippen molar-refractivity contribution in [2.75, 3.05) is 5.75 Å². The van der Waals surface area contributed by atoms with Gasteiger partial charge in [0.05, 0.1) is 5.56 Å². The molecule has 0 aliphatic heterocycles. The summed E-state index contributed by atoms with van der Waals surface area (Å²) in [6.45, 7) is 0.974. The molecule has 0 spiro atoms. The molecule has 2 aromatic heterocycles. The van der Waals surface area contributed by atoms with Crippen molar-refractivity contribution < 1.29 is 27.4 Å². The number of aliphatic hydroxyl groups excluding tert-OH is 1. The SMILES string of the molecule is OCc1nccn1CCCSc1ccc(OCc2coc(/C=C/c3ccc(C(F)(F)F)cc3)n2)cc1. The van der Waals surface area contributed by atoms with Crippen LogP contribution in [0.4, 0.5) is 13.2 Å². The van der Waals surface area contributed by atoms with Crippen LogP contribution in [0.25, 0.3) is 12.2 Å². The van der Waals surface area contributed by atoms with E-state index in [9.17, 15) is 18.3 Å². The minimum Gasteiger partial charge on any atom is -0.487 e. The number of benzene rings is 2. The van der Waals surface area contributed by atoms with Gasteiger partial charge in [-0.3, -0.25) is 0 Å². The van der Waals surface area contributed by atoms with Crippen molar-refractivity contribution in [1.82, 2.24) is 14.5 Å². The van der Waals surface area contributed by atoms with E-state index < -0.39 is 11.7 Å². The molecule has 4 aromatic rings. The topological polar surface area (TPSA) is 73.3 Å². The van der Waals surface area contributed by atoms with Crippen LogP contribution in [-0.4, -0.2) is 25.4 Å². The van der Waals surface area contributed by atoms with E-state index >= 15 is 0 Å². The Balaban J connectivity index is 1.20. The first-order valence-corrected chi connectivity index (χ1v) is 12.2. The van der Waals surface area contributed by atoms with Gasteiger partial charge in [-0.05, 0) is 60.2 Å². The van der Waals surface area contributed by atoms with Gasteiger partial charge in [0, 0.05) is 29.9 Å². The number of halogens is 3. The van der Waals surface area contributed by atoms with Crippen LogP contribution in [0, 0.1) is 0 Å². The molecule has 0 bridgehead atoms. The van der Waals surface area contributed by atoms with Crippen LogP contribution >= 0.6 is 11.8 Å². The summed E-state index contributed by atoms with van der Waals surface area (Å²) < 4.78 is 51.1. The number of imidazole rings is 1. The fourth-order valence-electron chi connectivity index (χ4n) is 3.33. The molecule has 0 saturated carbocycles. The fourth-order valence-corrected chi connectivity index (χ4v) is 4.16. The standard InChI is InChI=1S/C26H24F3N3O3S/c27-26(28,29)20-5-2-19(3-6-20)4-11-25-31-21(18-35-25)17-34-22-7-9-23(10-8-22)36-15-1-13-32-14-12-30-24(32)16-33/h2-12,14,18,33H,1,13,15-17H2/b11-4+. The fraction of sp³-hybridized carbons (Fsp3) is 0.231. The Labute approximate surface area is 210 Å². The van der Waals surface area contributed by atoms with Gasteiger partial charge in [0.25, 0.3) is 0 Å². The van der Waals surface area contributed by atoms with Crippen LogP contribution in [0.2, 0.25) is 0 Å². The third-order valence-corrected chi connectivity index (χ3v) is 6.29. The maximum Gasteiger partial charge on any atom is 0.416 e. The Kier molecular flexibility index (Phi) is 8.50. The summed E-state index contributed by atoms with van der Waals surface area (Å²) in [6.07, 6.45) is 4.87. The molecular formula is C26H24F3N3O3S. The lowest BCUT2D eigenvalue weighted by Crippen LogP contribution is -2.03. The van der Waals surface area contributed by atoms with Crippen LogP contribution in [0.1, 0.15) is 35.0 Å². The minimum absolute atomic E-state index is 0.0588. The predicted molar refractivity (Wildman–Crippen MR) is 131 cm³/mol. The molecule has 0 aliphatic rings. The van der Waals surface area contributed by atoms with E-state index in [4.69, 9.17) is 9.15 Å². The zero-order chi connectivity index (χ0) is 25.4. The second-order valence-corrected chi connectivity index (χ2v) is 8.96. The van der Waals surface area contributed by atoms with E-state index in [-0.39, 0.29) is 13.2 Å². The number of aromatic nitrogens is 3. The van der Waals surface area contributed by atoms with E-state index in [0.717, 1.165) is 35.7 Å². The van der Waals surface area contributed by atoms with Crippen molar-refractivity contribution in [2.45, 2.75) is 37.3 Å². The summed E-state index contributed by atoms with van der Waals surface area (Å²) in [4.78, 5) is 9.55. The van der Waals surface area contributed by atoms with Crippen molar-refractivity contribution in [3.63, 3.8) is 0 Å². The Morgan fingerprint density at radius 2 is 1.83 bits per heavy atom. The minimum atomic E-state index is -4.36. The third kappa shape index (κ3) is 7.25. The zero-order valence-electron chi connectivity index (χ0n) is 19.2. The van der Waals surface area contributed by atoms with Crippen LogP contribution in [0.15, 0.2) is 76.5 Å². The maximum absolute atomic E-state index is 12.7. The second-order valence-electron chi connectivity index (χ2n) is 7.79. The quantitative estimate of drug-likeness (QED) is 0.186. The first-order valence-electron chi connectivity index (χ1n) is 11.2. The molecule has 36 heavy (non-hydrogen) atoms. The van der Waals surface area contributed by atoms with Crippen molar-refractivity contribution >= 4 is 23.9 Å². The summed E-state index contributed by atoms with van der Waals surface area (Å²) in [5, 5.41) is 9.24. The van der Waals surface area contributed by atoms with E-state index in [1.807, 2.05) is 35.0 Å². The molecule has 4 rings (SSSR count). The van der Waals surface area contributed by atoms with Crippen molar-refractivity contribution in [1.29, 1.82) is 0 Å². The summed E-state index contributed by atoms with van der Waals surface area (Å²) in [7, 11) is 0. The molecule has 2 aromatic carbocycles. The highest BCUT2D eigenvalue weighted by molar-refractivity contribution is 7.99. The lowest BCUT2D eigenvalue weighted by molar-refractivity contribution is -0.137. The van der Waals surface area contributed by atoms with E-state index in [1.165, 1.54) is 18.4 Å². The molecule has 0 radical (unpaired) electrons. The van der Waals surface area contributed by atoms with Crippen molar-refractivity contribution in [2.24, 2.45) is 0 Å². The molecule has 0 unspecified atom stereocenters. The van der Waals surface area contributed by atoms with E-state index in [2.05, 4.69) is 9.97 Å². The van der Waals surface area contributed by atoms with E-state index in [0.29, 0.717) is 28.7 Å². The molecule has 1 N–H and O–H groups in total. The number of ether oxygens (including phenoxy) is 1. The van der Waals surface area contributed by atoms with Crippen molar-refractivity contribution in [3.05, 3.63) is 95.7 Å². The Bertz CT molecular complexity index is 1270. The van der Waals surface area contributed by atoms with Gasteiger partial charge in [-0.25, -0.2) is 9.97 Å². The van der Waals surface area contributed by atoms with Crippen LogP contribution < -0.4 is 4.74 Å². The molecule has 6 nitrogen and oxygen atoms in total. The van der Waals surface area contributed by atoms with Gasteiger partial charge in [-0.15, -0.1) is 11.8 Å². The number of alkyl halides is 3. The molecule has 0 saturated heterocycles. The van der Waals surface area contributed by atoms with Gasteiger partial charge in [0.15, 0.2) is 0 Å². The predicted octanol–water partition coefficient (Wildman–Crippen LogP) is 6.31. The number of rotatable bonds is 11. The number of hydrogen-bond acceptors (Lipinski definition) is 6. The molecular weight excluding hydrogens is 491 g/mol. The van der Waals surface area contributed by atoms with Gasteiger partial charge < -0.3 is 18.8 Å². The summed E-state index contributed by atoms with van der Waals surface area (Å²) in [5.41, 5.74) is 0.514. The first-order chi connectivity index (χ1) is 17.4. The van der Waals surface area contributed by atoms with E-state index in [1.54, 1.807) is 30.1 Å². The number of oxazole rings is 1. The number of aliphatic hydroxyl groups is 1. The summed E-state index contributed by atoms with van der Waals surface area (Å²) in [6, 6.07) is 12.6. The second kappa shape index (κ2) is 12.0. The summed E-state index contributed by atoms with van der Waals surface area (Å²) >= 11 is 1.75. The smallest absolute Gasteiger partial charge is 0.416 e. The number of aryl methyl sites for hydroxylation is 1. The molecule has 0 aliphatic carbocycles. The van der Waals surface area contributed by atoms with Gasteiger partial charge >= 0.3 is 6.18 Å². The average molecular weight is 516 g/mol. The van der Waals surface area contributed by atoms with Crippen LogP contribution in [0.3, 0.4) is 0 Å². The normalized spacial score (nSPS) is 11.9. The van der Waals surface area contributed by atoms with Crippen LogP contribution in [-0.2, 0) is 25.9 Å². The molecule has 188 valence electrons. The lowest BCUT2D eigenvalue weighted by Gasteiger charge is -2.07. The molecule has 0 amide bonds. The van der Waals surface area contributed by atoms with Gasteiger partial charge in [0.1, 0.15) is 36.7 Å². The molecule has 0 atom stereocenters. The monoisotopic (exact) mass is 515 g/mol. The van der Waals surface area contributed by atoms with Gasteiger partial charge in [-0.1, -0.05) is 12.1 Å². The highest BCUT2D eigenvalue weighted by atomic mass is 32.2. The number of nitrogens with zero attached hydrogens (tertiary/aromatic N) is 3. The highest BCUT2D eigenvalue weighted by Crippen LogP contribution is 2.29. The van der Waals surface area contributed by atoms with Gasteiger partial charge in [-0.2, -0.15) is 13.2 Å². The molecule has 2 heterocycles. The summed E-state index contributed by atoms with van der Waals surface area (Å²) in [5.74, 6) is 2.65. The Hall–Kier alpha value is -3.50. The first kappa shape index (κ1) is 25.6. The Morgan fingerprint density at radius 1 is 1.06 bits per heavy atom. The Morgan fingerprint density at radius 3 is 2.56 bits per heavy atom. The maximum atomic E-state index is 12.7. The number of hydrogen-bond donors (Lipinski definition) is 1. The zero-order valence-corrected chi connectivity index (χ0v) is 20.0. The van der Waals surface area contributed by atoms with Gasteiger partial charge in [0.2, 0.25) is 5.89 Å². The number of thioether (sulfide) groups is 1. The third-order valence-electron chi connectivity index (χ3n) is 5.19. The highest BCUT2D eigenvalue weighted by Gasteiger charge is 2.29. The molecule has 0 fully saturated rings. The molecule has 10 heteroatoms. The lowest BCUT2D eigenvalue weighted by atomic mass is 10.1.